The average molecular weight is 379 g/mol. The third-order valence-corrected chi connectivity index (χ3v) is 5.95. The van der Waals surface area contributed by atoms with Crippen LogP contribution in [0.3, 0.4) is 0 Å². The highest BCUT2D eigenvalue weighted by molar-refractivity contribution is 7.89. The second-order valence-electron chi connectivity index (χ2n) is 5.65. The molecule has 0 fully saturated rings. The van der Waals surface area contributed by atoms with Crippen LogP contribution in [0.15, 0.2) is 35.5 Å². The van der Waals surface area contributed by atoms with E-state index in [0.29, 0.717) is 36.1 Å². The molecule has 1 aromatic heterocycles. The summed E-state index contributed by atoms with van der Waals surface area (Å²) in [6.45, 7) is 7.32. The zero-order chi connectivity index (χ0) is 19.2. The van der Waals surface area contributed by atoms with Crippen molar-refractivity contribution >= 4 is 33.0 Å². The number of nitrogens with zero attached hydrogens (tertiary/aromatic N) is 3. The van der Waals surface area contributed by atoms with E-state index >= 15 is 0 Å². The van der Waals surface area contributed by atoms with Gasteiger partial charge in [-0.3, -0.25) is 0 Å². The molecule has 0 radical (unpaired) electrons. The Kier molecular flexibility index (Phi) is 6.76. The molecule has 0 amide bonds. The molecule has 1 heterocycles. The van der Waals surface area contributed by atoms with Crippen LogP contribution in [0.5, 0.6) is 0 Å². The molecule has 0 saturated carbocycles. The monoisotopic (exact) mass is 378 g/mol. The van der Waals surface area contributed by atoms with Crippen LogP contribution in [0.25, 0.3) is 0 Å². The van der Waals surface area contributed by atoms with Gasteiger partial charge in [0.2, 0.25) is 10.0 Å². The van der Waals surface area contributed by atoms with Gasteiger partial charge < -0.3 is 16.4 Å². The fourth-order valence-electron chi connectivity index (χ4n) is 2.44. The van der Waals surface area contributed by atoms with E-state index in [9.17, 15) is 8.42 Å². The summed E-state index contributed by atoms with van der Waals surface area (Å²) < 4.78 is 26.5. The number of nitrogens with one attached hydrogen (secondary N) is 2. The zero-order valence-electron chi connectivity index (χ0n) is 15.4. The van der Waals surface area contributed by atoms with Crippen molar-refractivity contribution in [3.8, 4) is 0 Å². The van der Waals surface area contributed by atoms with Gasteiger partial charge in [0.05, 0.1) is 4.90 Å². The van der Waals surface area contributed by atoms with E-state index in [1.165, 1.54) is 10.6 Å². The normalized spacial score (nSPS) is 11.5. The van der Waals surface area contributed by atoms with E-state index in [1.807, 2.05) is 13.8 Å². The van der Waals surface area contributed by atoms with Gasteiger partial charge in [0.25, 0.3) is 0 Å². The van der Waals surface area contributed by atoms with Gasteiger partial charge >= 0.3 is 0 Å². The predicted octanol–water partition coefficient (Wildman–Crippen LogP) is 2.65. The Balaban J connectivity index is 2.20. The van der Waals surface area contributed by atoms with Crippen molar-refractivity contribution in [3.63, 3.8) is 0 Å². The highest BCUT2D eigenvalue weighted by Crippen LogP contribution is 2.26. The van der Waals surface area contributed by atoms with E-state index in [-0.39, 0.29) is 4.90 Å². The van der Waals surface area contributed by atoms with Crippen LogP contribution in [-0.2, 0) is 10.0 Å². The molecule has 8 nitrogen and oxygen atoms in total. The first-order chi connectivity index (χ1) is 12.4. The lowest BCUT2D eigenvalue weighted by atomic mass is 10.3. The molecule has 2 aromatic rings. The third-order valence-electron chi connectivity index (χ3n) is 3.89. The smallest absolute Gasteiger partial charge is 0.243 e. The maximum absolute atomic E-state index is 12.5. The lowest BCUT2D eigenvalue weighted by Gasteiger charge is -2.18. The van der Waals surface area contributed by atoms with Crippen molar-refractivity contribution in [2.75, 3.05) is 36.0 Å². The minimum atomic E-state index is -3.47. The molecule has 0 spiro atoms. The fraction of sp³-hybridized carbons (Fsp3) is 0.412. The standard InChI is InChI=1S/C17H26N6O2S/c1-4-11-19-16-15(18)17(21-12-20-16)22-13-7-9-14(10-8-13)26(24,25)23(5-2)6-3/h7-10,12H,4-6,11,18H2,1-3H3,(H2,19,20,21,22). The minimum Gasteiger partial charge on any atom is -0.393 e. The molecule has 142 valence electrons. The van der Waals surface area contributed by atoms with Crippen LogP contribution in [0.1, 0.15) is 27.2 Å². The van der Waals surface area contributed by atoms with Crippen molar-refractivity contribution in [2.45, 2.75) is 32.1 Å². The van der Waals surface area contributed by atoms with Gasteiger partial charge in [0, 0.05) is 25.3 Å². The number of anilines is 4. The summed E-state index contributed by atoms with van der Waals surface area (Å²) in [5, 5.41) is 6.24. The molecule has 0 atom stereocenters. The van der Waals surface area contributed by atoms with E-state index in [1.54, 1.807) is 24.3 Å². The molecule has 9 heteroatoms. The highest BCUT2D eigenvalue weighted by Gasteiger charge is 2.21. The summed E-state index contributed by atoms with van der Waals surface area (Å²) in [5.74, 6) is 1.04. The van der Waals surface area contributed by atoms with Gasteiger partial charge in [-0.15, -0.1) is 0 Å². The summed E-state index contributed by atoms with van der Waals surface area (Å²) >= 11 is 0. The lowest BCUT2D eigenvalue weighted by Crippen LogP contribution is -2.30. The number of hydrogen-bond donors (Lipinski definition) is 3. The van der Waals surface area contributed by atoms with Gasteiger partial charge in [-0.2, -0.15) is 4.31 Å². The van der Waals surface area contributed by atoms with Crippen molar-refractivity contribution < 1.29 is 8.42 Å². The number of nitrogens with two attached hydrogens (primary N) is 1. The number of nitrogen functional groups attached to an aromatic ring is 1. The zero-order valence-corrected chi connectivity index (χ0v) is 16.2. The van der Waals surface area contributed by atoms with Crippen LogP contribution < -0.4 is 16.4 Å². The average Bonchev–Trinajstić information content (AvgIpc) is 2.63. The maximum atomic E-state index is 12.5. The summed E-state index contributed by atoms with van der Waals surface area (Å²) in [7, 11) is -3.47. The predicted molar refractivity (Wildman–Crippen MR) is 105 cm³/mol. The van der Waals surface area contributed by atoms with E-state index in [0.717, 1.165) is 13.0 Å². The molecule has 0 unspecified atom stereocenters. The Hall–Kier alpha value is -2.39. The Morgan fingerprint density at radius 3 is 2.23 bits per heavy atom. The fourth-order valence-corrected chi connectivity index (χ4v) is 3.90. The molecule has 0 aliphatic carbocycles. The number of aromatic nitrogens is 2. The van der Waals surface area contributed by atoms with Crippen molar-refractivity contribution in [1.29, 1.82) is 0 Å². The SMILES string of the molecule is CCCNc1ncnc(Nc2ccc(S(=O)(=O)N(CC)CC)cc2)c1N. The molecule has 0 saturated heterocycles. The minimum absolute atomic E-state index is 0.257. The quantitative estimate of drug-likeness (QED) is 0.615. The Morgan fingerprint density at radius 1 is 1.04 bits per heavy atom. The third kappa shape index (κ3) is 4.41. The first-order valence-corrected chi connectivity index (χ1v) is 10.1. The second kappa shape index (κ2) is 8.81. The first kappa shape index (κ1) is 19.9. The topological polar surface area (TPSA) is 113 Å². The van der Waals surface area contributed by atoms with E-state index < -0.39 is 10.0 Å². The lowest BCUT2D eigenvalue weighted by molar-refractivity contribution is 0.445. The van der Waals surface area contributed by atoms with Crippen LogP contribution >= 0.6 is 0 Å². The Morgan fingerprint density at radius 2 is 1.65 bits per heavy atom. The van der Waals surface area contributed by atoms with E-state index in [4.69, 9.17) is 5.73 Å². The maximum Gasteiger partial charge on any atom is 0.243 e. The molecule has 26 heavy (non-hydrogen) atoms. The highest BCUT2D eigenvalue weighted by atomic mass is 32.2. The number of sulfonamides is 1. The summed E-state index contributed by atoms with van der Waals surface area (Å²) in [5.41, 5.74) is 7.20. The summed E-state index contributed by atoms with van der Waals surface area (Å²) in [6, 6.07) is 6.53. The van der Waals surface area contributed by atoms with Crippen LogP contribution in [-0.4, -0.2) is 42.3 Å². The van der Waals surface area contributed by atoms with Gasteiger partial charge in [0.15, 0.2) is 11.6 Å². The first-order valence-electron chi connectivity index (χ1n) is 8.65. The van der Waals surface area contributed by atoms with Crippen LogP contribution in [0.4, 0.5) is 23.0 Å². The second-order valence-corrected chi connectivity index (χ2v) is 7.59. The molecular weight excluding hydrogens is 352 g/mol. The Bertz CT molecular complexity index is 820. The number of benzene rings is 1. The molecular formula is C17H26N6O2S. The summed E-state index contributed by atoms with van der Waals surface area (Å²) in [4.78, 5) is 8.54. The largest absolute Gasteiger partial charge is 0.393 e. The van der Waals surface area contributed by atoms with Gasteiger partial charge in [-0.05, 0) is 30.7 Å². The van der Waals surface area contributed by atoms with Crippen LogP contribution in [0.2, 0.25) is 0 Å². The Labute approximate surface area is 154 Å². The summed E-state index contributed by atoms with van der Waals surface area (Å²) in [6.07, 6.45) is 2.38. The number of hydrogen-bond acceptors (Lipinski definition) is 7. The number of rotatable bonds is 9. The molecule has 0 aliphatic heterocycles. The van der Waals surface area contributed by atoms with Gasteiger partial charge in [0.1, 0.15) is 12.0 Å². The van der Waals surface area contributed by atoms with Crippen molar-refractivity contribution in [1.82, 2.24) is 14.3 Å². The molecule has 0 bridgehead atoms. The van der Waals surface area contributed by atoms with Crippen LogP contribution in [0, 0.1) is 0 Å². The molecule has 1 aromatic carbocycles. The van der Waals surface area contributed by atoms with Gasteiger partial charge in [-0.25, -0.2) is 18.4 Å². The van der Waals surface area contributed by atoms with Crippen molar-refractivity contribution in [2.24, 2.45) is 0 Å². The molecule has 4 N–H and O–H groups in total. The van der Waals surface area contributed by atoms with E-state index in [2.05, 4.69) is 27.5 Å². The van der Waals surface area contributed by atoms with Crippen molar-refractivity contribution in [3.05, 3.63) is 30.6 Å². The van der Waals surface area contributed by atoms with Gasteiger partial charge in [-0.1, -0.05) is 20.8 Å². The molecule has 2 rings (SSSR count). The molecule has 0 aliphatic rings.